The Hall–Kier alpha value is -1.60. The molecule has 127 valence electrons. The molecule has 0 atom stereocenters. The molecular weight excluding hydrogens is 383 g/mol. The van der Waals surface area contributed by atoms with Crippen LogP contribution < -0.4 is 13.4 Å². The Labute approximate surface area is 156 Å². The molecule has 2 bridgehead atoms. The van der Waals surface area contributed by atoms with Gasteiger partial charge in [0.1, 0.15) is 0 Å². The van der Waals surface area contributed by atoms with E-state index < -0.39 is 22.0 Å². The quantitative estimate of drug-likeness (QED) is 0.428. The van der Waals surface area contributed by atoms with E-state index in [1.165, 1.54) is 24.1 Å². The van der Waals surface area contributed by atoms with Crippen molar-refractivity contribution in [3.05, 3.63) is 90.0 Å². The third kappa shape index (κ3) is 3.67. The molecule has 0 saturated carbocycles. The zero-order valence-electron chi connectivity index (χ0n) is 15.0. The molecule has 2 aliphatic rings. The molecule has 25 heavy (non-hydrogen) atoms. The molecule has 5 rings (SSSR count). The normalized spacial score (nSPS) is 13.5. The molecule has 0 unspecified atom stereocenters. The van der Waals surface area contributed by atoms with Gasteiger partial charge in [-0.15, -0.1) is 0 Å². The van der Waals surface area contributed by atoms with Gasteiger partial charge in [-0.2, -0.15) is 0 Å². The maximum absolute atomic E-state index is 2.55. The van der Waals surface area contributed by atoms with E-state index in [9.17, 15) is 0 Å². The van der Waals surface area contributed by atoms with Gasteiger partial charge >= 0.3 is 157 Å². The number of benzene rings is 3. The Morgan fingerprint density at radius 2 is 1.44 bits per heavy atom. The number of aryl methyl sites for hydroxylation is 1. The van der Waals surface area contributed by atoms with E-state index in [0.717, 1.165) is 0 Å². The molecule has 2 aliphatic heterocycles. The third-order valence-electron chi connectivity index (χ3n) is 5.07. The van der Waals surface area contributed by atoms with Crippen molar-refractivity contribution in [2.75, 3.05) is 0 Å². The predicted molar refractivity (Wildman–Crippen MR) is 114 cm³/mol. The van der Waals surface area contributed by atoms with Crippen LogP contribution >= 0.6 is 0 Å². The molecule has 3 aromatic rings. The zero-order chi connectivity index (χ0) is 17.3. The summed E-state index contributed by atoms with van der Waals surface area (Å²) in [7, 11) is -1.22. The summed E-state index contributed by atoms with van der Waals surface area (Å²) in [6.07, 6.45) is 1.26. The van der Waals surface area contributed by atoms with Gasteiger partial charge in [0.05, 0.1) is 0 Å². The summed E-state index contributed by atoms with van der Waals surface area (Å²) in [6.45, 7) is 5.09. The van der Waals surface area contributed by atoms with Gasteiger partial charge in [0.15, 0.2) is 0 Å². The Morgan fingerprint density at radius 3 is 2.12 bits per heavy atom. The van der Waals surface area contributed by atoms with Gasteiger partial charge < -0.3 is 0 Å². The minimum atomic E-state index is -1.22. The summed E-state index contributed by atoms with van der Waals surface area (Å²) in [5.41, 5.74) is 3.13. The molecule has 0 N–H and O–H groups in total. The van der Waals surface area contributed by atoms with E-state index in [4.69, 9.17) is 0 Å². The van der Waals surface area contributed by atoms with Crippen molar-refractivity contribution < 1.29 is 0 Å². The second-order valence-electron chi connectivity index (χ2n) is 7.72. The van der Waals surface area contributed by atoms with Crippen molar-refractivity contribution in [2.24, 2.45) is 0 Å². The average molecular weight is 408 g/mol. The SMILES string of the molecule is C[Si](C)(CCc1ccc2cc1[Se]2c1ccccc1)Cc1ccccc1. The summed E-state index contributed by atoms with van der Waals surface area (Å²) in [4.78, 5) is 0. The summed E-state index contributed by atoms with van der Waals surface area (Å²) in [6, 6.07) is 32.1. The number of hydrogen-bond donors (Lipinski definition) is 0. The molecule has 0 nitrogen and oxygen atoms in total. The van der Waals surface area contributed by atoms with Crippen LogP contribution in [0.25, 0.3) is 0 Å². The van der Waals surface area contributed by atoms with Crippen molar-refractivity contribution in [3.63, 3.8) is 0 Å². The molecule has 0 aromatic heterocycles. The maximum atomic E-state index is 2.55. The van der Waals surface area contributed by atoms with Crippen LogP contribution in [-0.2, 0) is 12.5 Å². The Kier molecular flexibility index (Phi) is 4.69. The summed E-state index contributed by atoms with van der Waals surface area (Å²) < 4.78 is 4.86. The Balaban J connectivity index is 1.45. The van der Waals surface area contributed by atoms with E-state index in [2.05, 4.69) is 92.0 Å². The van der Waals surface area contributed by atoms with Gasteiger partial charge in [0, 0.05) is 0 Å². The second-order valence-corrected chi connectivity index (χ2v) is 17.1. The molecular formula is C23H25SeSi. The molecule has 0 fully saturated rings. The first-order chi connectivity index (χ1) is 12.1. The fraction of sp³-hybridized carbons (Fsp3) is 0.217. The molecule has 0 spiro atoms. The molecule has 1 radical (unpaired) electrons. The van der Waals surface area contributed by atoms with E-state index in [0.29, 0.717) is 0 Å². The van der Waals surface area contributed by atoms with Gasteiger partial charge in [-0.3, -0.25) is 0 Å². The number of hydrogen-bond acceptors (Lipinski definition) is 0. The van der Waals surface area contributed by atoms with Crippen LogP contribution in [0, 0.1) is 0 Å². The summed E-state index contributed by atoms with van der Waals surface area (Å²) in [5, 5.41) is 0. The number of rotatable bonds is 6. The fourth-order valence-corrected chi connectivity index (χ4v) is 10.6. The van der Waals surface area contributed by atoms with Crippen LogP contribution in [0.4, 0.5) is 0 Å². The van der Waals surface area contributed by atoms with E-state index >= 15 is 0 Å². The monoisotopic (exact) mass is 409 g/mol. The average Bonchev–Trinajstić information content (AvgIpc) is 2.61. The van der Waals surface area contributed by atoms with Crippen LogP contribution in [0.15, 0.2) is 78.9 Å². The van der Waals surface area contributed by atoms with Gasteiger partial charge in [-0.1, -0.05) is 0 Å². The van der Waals surface area contributed by atoms with Crippen LogP contribution in [0.1, 0.15) is 11.1 Å². The van der Waals surface area contributed by atoms with Gasteiger partial charge in [-0.05, 0) is 0 Å². The van der Waals surface area contributed by atoms with Gasteiger partial charge in [-0.25, -0.2) is 0 Å². The van der Waals surface area contributed by atoms with E-state index in [1.54, 1.807) is 18.9 Å². The van der Waals surface area contributed by atoms with Crippen molar-refractivity contribution >= 4 is 35.4 Å². The molecule has 2 heteroatoms. The fourth-order valence-electron chi connectivity index (χ4n) is 3.66. The molecule has 3 aromatic carbocycles. The van der Waals surface area contributed by atoms with E-state index in [1.807, 2.05) is 0 Å². The minimum absolute atomic E-state index is 0.869. The van der Waals surface area contributed by atoms with Crippen LogP contribution in [0.2, 0.25) is 19.1 Å². The van der Waals surface area contributed by atoms with Crippen molar-refractivity contribution in [1.82, 2.24) is 0 Å². The van der Waals surface area contributed by atoms with E-state index in [-0.39, 0.29) is 0 Å². The van der Waals surface area contributed by atoms with Crippen molar-refractivity contribution in [2.45, 2.75) is 31.6 Å². The third-order valence-corrected chi connectivity index (χ3v) is 12.8. The van der Waals surface area contributed by atoms with Crippen LogP contribution in [0.3, 0.4) is 0 Å². The van der Waals surface area contributed by atoms with Gasteiger partial charge in [0.2, 0.25) is 0 Å². The van der Waals surface area contributed by atoms with Crippen LogP contribution in [0.5, 0.6) is 0 Å². The molecule has 2 heterocycles. The Bertz CT molecular complexity index is 852. The van der Waals surface area contributed by atoms with Gasteiger partial charge in [0.25, 0.3) is 0 Å². The topological polar surface area (TPSA) is 0 Å². The first kappa shape index (κ1) is 16.8. The van der Waals surface area contributed by atoms with Crippen molar-refractivity contribution in [3.8, 4) is 0 Å². The molecule has 0 aliphatic carbocycles. The second kappa shape index (κ2) is 6.95. The summed E-state index contributed by atoms with van der Waals surface area (Å²) >= 11 is -0.869. The Morgan fingerprint density at radius 1 is 0.760 bits per heavy atom. The summed E-state index contributed by atoms with van der Waals surface area (Å²) in [5.74, 6) is 0. The zero-order valence-corrected chi connectivity index (χ0v) is 17.7. The predicted octanol–water partition coefficient (Wildman–Crippen LogP) is 3.55. The standard InChI is InChI=1S/C23H25SeSi/c1-25(2,18-19-9-5-3-6-10-19)16-15-20-13-14-22-17-23(20)24(22)21-11-7-4-8-12-21/h3-14,17H,15-16,18H2,1-2H3. The first-order valence-corrected chi connectivity index (χ1v) is 15.1. The van der Waals surface area contributed by atoms with Crippen LogP contribution in [-0.4, -0.2) is 22.0 Å². The molecule has 0 saturated heterocycles. The first-order valence-electron chi connectivity index (χ1n) is 9.09. The van der Waals surface area contributed by atoms with Crippen molar-refractivity contribution in [1.29, 1.82) is 0 Å². The number of fused-ring (bicyclic) bond motifs is 2. The molecule has 0 amide bonds.